The Kier molecular flexibility index (Phi) is 3.87. The van der Waals surface area contributed by atoms with Gasteiger partial charge in [-0.3, -0.25) is 0 Å². The predicted molar refractivity (Wildman–Crippen MR) is 82.2 cm³/mol. The van der Waals surface area contributed by atoms with Gasteiger partial charge >= 0.3 is 6.18 Å². The zero-order valence-electron chi connectivity index (χ0n) is 12.9. The summed E-state index contributed by atoms with van der Waals surface area (Å²) in [5.41, 5.74) is 2.70. The number of alkyl halides is 3. The zero-order chi connectivity index (χ0) is 18.4. The topological polar surface area (TPSA) is 87.6 Å². The van der Waals surface area contributed by atoms with Gasteiger partial charge in [0.05, 0.1) is 12.1 Å². The van der Waals surface area contributed by atoms with E-state index in [0.717, 1.165) is 12.1 Å². The van der Waals surface area contributed by atoms with Gasteiger partial charge in [0.15, 0.2) is 5.82 Å². The normalized spacial score (nSPS) is 20.7. The van der Waals surface area contributed by atoms with Crippen molar-refractivity contribution in [3.8, 4) is 0 Å². The molecule has 0 amide bonds. The van der Waals surface area contributed by atoms with E-state index in [1.165, 1.54) is 25.1 Å². The standard InChI is InChI=1S/C15H13F4N5O/c1-8-6-12(22-13(20)21-8)24-14(25,15(17,18)19)7-11(23-24)9-2-4-10(16)5-3-9/h2-6,25H,7H2,1H3,(H2,20,21,22)/t14-/m1/s1. The minimum atomic E-state index is -5.02. The first kappa shape index (κ1) is 17.1. The second-order valence-corrected chi connectivity index (χ2v) is 5.58. The predicted octanol–water partition coefficient (Wildman–Crippen LogP) is 2.37. The summed E-state index contributed by atoms with van der Waals surface area (Å²) in [6.45, 7) is 1.52. The van der Waals surface area contributed by atoms with E-state index in [1.807, 2.05) is 0 Å². The van der Waals surface area contributed by atoms with Crippen LogP contribution >= 0.6 is 0 Å². The lowest BCUT2D eigenvalue weighted by Crippen LogP contribution is -2.55. The Morgan fingerprint density at radius 1 is 1.20 bits per heavy atom. The van der Waals surface area contributed by atoms with Gasteiger partial charge in [-0.25, -0.2) is 14.4 Å². The Balaban J connectivity index is 2.11. The van der Waals surface area contributed by atoms with Gasteiger partial charge in [-0.15, -0.1) is 0 Å². The molecular weight excluding hydrogens is 342 g/mol. The number of hydrogen-bond acceptors (Lipinski definition) is 6. The van der Waals surface area contributed by atoms with Crippen LogP contribution in [0.25, 0.3) is 0 Å². The molecule has 1 aromatic carbocycles. The third-order valence-electron chi connectivity index (χ3n) is 3.69. The van der Waals surface area contributed by atoms with E-state index in [9.17, 15) is 22.7 Å². The molecule has 3 rings (SSSR count). The number of aryl methyl sites for hydroxylation is 1. The molecule has 3 N–H and O–H groups in total. The Labute approximate surface area is 139 Å². The number of rotatable bonds is 2. The highest BCUT2D eigenvalue weighted by Gasteiger charge is 2.62. The second kappa shape index (κ2) is 5.66. The number of aromatic nitrogens is 2. The maximum Gasteiger partial charge on any atom is 0.438 e. The minimum absolute atomic E-state index is 0.0605. The maximum atomic E-state index is 13.5. The first-order valence-corrected chi connectivity index (χ1v) is 7.14. The van der Waals surface area contributed by atoms with Crippen molar-refractivity contribution >= 4 is 17.5 Å². The van der Waals surface area contributed by atoms with E-state index in [-0.39, 0.29) is 23.0 Å². The highest BCUT2D eigenvalue weighted by molar-refractivity contribution is 6.03. The molecule has 6 nitrogen and oxygen atoms in total. The van der Waals surface area contributed by atoms with Crippen molar-refractivity contribution in [2.24, 2.45) is 5.10 Å². The van der Waals surface area contributed by atoms with Crippen LogP contribution in [0.15, 0.2) is 35.4 Å². The Morgan fingerprint density at radius 2 is 1.84 bits per heavy atom. The van der Waals surface area contributed by atoms with Crippen LogP contribution in [-0.2, 0) is 0 Å². The van der Waals surface area contributed by atoms with Crippen LogP contribution in [0.5, 0.6) is 0 Å². The average molecular weight is 355 g/mol. The number of aliphatic hydroxyl groups is 1. The maximum absolute atomic E-state index is 13.5. The first-order chi connectivity index (χ1) is 11.6. The van der Waals surface area contributed by atoms with Crippen LogP contribution in [0.4, 0.5) is 29.3 Å². The van der Waals surface area contributed by atoms with Crippen molar-refractivity contribution in [2.45, 2.75) is 25.2 Å². The molecule has 0 spiro atoms. The van der Waals surface area contributed by atoms with E-state index in [4.69, 9.17) is 5.73 Å². The van der Waals surface area contributed by atoms with E-state index in [2.05, 4.69) is 15.1 Å². The summed E-state index contributed by atoms with van der Waals surface area (Å²) in [4.78, 5) is 7.52. The molecule has 0 bridgehead atoms. The summed E-state index contributed by atoms with van der Waals surface area (Å²) in [5.74, 6) is -1.07. The summed E-state index contributed by atoms with van der Waals surface area (Å²) in [5, 5.41) is 14.6. The highest BCUT2D eigenvalue weighted by Crippen LogP contribution is 2.43. The lowest BCUT2D eigenvalue weighted by Gasteiger charge is -2.33. The molecule has 1 aliphatic heterocycles. The summed E-state index contributed by atoms with van der Waals surface area (Å²) >= 11 is 0. The van der Waals surface area contributed by atoms with Crippen LogP contribution in [0.3, 0.4) is 0 Å². The third-order valence-corrected chi connectivity index (χ3v) is 3.69. The van der Waals surface area contributed by atoms with Gasteiger partial charge in [0, 0.05) is 11.8 Å². The van der Waals surface area contributed by atoms with Crippen molar-refractivity contribution in [3.05, 3.63) is 47.4 Å². The molecule has 0 saturated heterocycles. The molecule has 2 heterocycles. The van der Waals surface area contributed by atoms with Crippen LogP contribution in [0, 0.1) is 12.7 Å². The molecule has 0 fully saturated rings. The molecule has 10 heteroatoms. The van der Waals surface area contributed by atoms with Crippen LogP contribution in [-0.4, -0.2) is 32.7 Å². The monoisotopic (exact) mass is 355 g/mol. The number of hydrogen-bond donors (Lipinski definition) is 2. The fourth-order valence-corrected chi connectivity index (χ4v) is 2.49. The molecule has 0 saturated carbocycles. The summed E-state index contributed by atoms with van der Waals surface area (Å²) < 4.78 is 53.6. The average Bonchev–Trinajstić information content (AvgIpc) is 2.86. The Hall–Kier alpha value is -2.75. The molecule has 1 aromatic heterocycles. The zero-order valence-corrected chi connectivity index (χ0v) is 12.9. The molecular formula is C15H13F4N5O. The summed E-state index contributed by atoms with van der Waals surface area (Å²) in [6, 6.07) is 5.99. The fourth-order valence-electron chi connectivity index (χ4n) is 2.49. The number of halogens is 4. The number of nitrogens with zero attached hydrogens (tertiary/aromatic N) is 4. The van der Waals surface area contributed by atoms with Gasteiger partial charge in [0.1, 0.15) is 5.82 Å². The minimum Gasteiger partial charge on any atom is -0.368 e. The summed E-state index contributed by atoms with van der Waals surface area (Å²) in [7, 11) is 0. The smallest absolute Gasteiger partial charge is 0.368 e. The number of benzene rings is 1. The second-order valence-electron chi connectivity index (χ2n) is 5.58. The van der Waals surface area contributed by atoms with Crippen molar-refractivity contribution in [1.29, 1.82) is 0 Å². The molecule has 0 radical (unpaired) electrons. The number of nitrogens with two attached hydrogens (primary N) is 1. The van der Waals surface area contributed by atoms with Crippen molar-refractivity contribution in [3.63, 3.8) is 0 Å². The molecule has 0 aliphatic carbocycles. The van der Waals surface area contributed by atoms with E-state index < -0.39 is 24.1 Å². The van der Waals surface area contributed by atoms with Gasteiger partial charge < -0.3 is 10.8 Å². The lowest BCUT2D eigenvalue weighted by molar-refractivity contribution is -0.254. The number of nitrogen functional groups attached to an aromatic ring is 1. The number of hydrazone groups is 1. The van der Waals surface area contributed by atoms with Gasteiger partial charge in [-0.2, -0.15) is 23.3 Å². The summed E-state index contributed by atoms with van der Waals surface area (Å²) in [6.07, 6.45) is -5.86. The lowest BCUT2D eigenvalue weighted by atomic mass is 10.0. The van der Waals surface area contributed by atoms with Crippen LogP contribution < -0.4 is 10.7 Å². The molecule has 0 unspecified atom stereocenters. The molecule has 132 valence electrons. The van der Waals surface area contributed by atoms with Crippen LogP contribution in [0.2, 0.25) is 0 Å². The van der Waals surface area contributed by atoms with Gasteiger partial charge in [-0.05, 0) is 24.6 Å². The van der Waals surface area contributed by atoms with E-state index in [0.29, 0.717) is 10.7 Å². The largest absolute Gasteiger partial charge is 0.438 e. The molecule has 1 aliphatic rings. The van der Waals surface area contributed by atoms with Gasteiger partial charge in [0.25, 0.3) is 5.72 Å². The van der Waals surface area contributed by atoms with Crippen molar-refractivity contribution < 1.29 is 22.7 Å². The molecule has 25 heavy (non-hydrogen) atoms. The Morgan fingerprint density at radius 3 is 2.40 bits per heavy atom. The highest BCUT2D eigenvalue weighted by atomic mass is 19.4. The fraction of sp³-hybridized carbons (Fsp3) is 0.267. The van der Waals surface area contributed by atoms with Gasteiger partial charge in [0.2, 0.25) is 5.95 Å². The number of anilines is 2. The third kappa shape index (κ3) is 3.00. The van der Waals surface area contributed by atoms with E-state index in [1.54, 1.807) is 0 Å². The molecule has 2 aromatic rings. The van der Waals surface area contributed by atoms with Crippen molar-refractivity contribution in [2.75, 3.05) is 10.7 Å². The first-order valence-electron chi connectivity index (χ1n) is 7.14. The van der Waals surface area contributed by atoms with Crippen LogP contribution in [0.1, 0.15) is 17.7 Å². The molecule has 1 atom stereocenters. The SMILES string of the molecule is Cc1cc(N2N=C(c3ccc(F)cc3)C[C@@]2(O)C(F)(F)F)nc(N)n1. The Bertz CT molecular complexity index is 817. The van der Waals surface area contributed by atoms with E-state index >= 15 is 0 Å². The quantitative estimate of drug-likeness (QED) is 0.808. The van der Waals surface area contributed by atoms with Gasteiger partial charge in [-0.1, -0.05) is 12.1 Å². The van der Waals surface area contributed by atoms with Crippen molar-refractivity contribution in [1.82, 2.24) is 9.97 Å².